The number of carbonyl (C=O) groups excluding carboxylic acids is 1. The third-order valence-corrected chi connectivity index (χ3v) is 7.03. The van der Waals surface area contributed by atoms with Crippen molar-refractivity contribution in [1.82, 2.24) is 20.3 Å². The Labute approximate surface area is 212 Å². The quantitative estimate of drug-likeness (QED) is 0.357. The number of amides is 2. The number of aromatic nitrogens is 1. The number of benzene rings is 3. The highest BCUT2D eigenvalue weighted by atomic mass is 16.5. The minimum absolute atomic E-state index is 0.00692. The molecular formula is C30H32N4O2. The second kappa shape index (κ2) is 10.4. The van der Waals surface area contributed by atoms with Crippen molar-refractivity contribution >= 4 is 16.9 Å². The zero-order chi connectivity index (χ0) is 25.1. The molecule has 0 aliphatic carbocycles. The summed E-state index contributed by atoms with van der Waals surface area (Å²) in [6.45, 7) is 5.94. The number of nitrogens with zero attached hydrogens (tertiary/aromatic N) is 3. The third kappa shape index (κ3) is 5.04. The Morgan fingerprint density at radius 1 is 0.972 bits per heavy atom. The Bertz CT molecular complexity index is 1370. The van der Waals surface area contributed by atoms with Gasteiger partial charge in [-0.25, -0.2) is 10.2 Å². The number of para-hydroxylation sites is 1. The summed E-state index contributed by atoms with van der Waals surface area (Å²) < 4.78 is 5.28. The normalized spacial score (nSPS) is 15.6. The fourth-order valence-corrected chi connectivity index (χ4v) is 4.70. The van der Waals surface area contributed by atoms with E-state index in [1.807, 2.05) is 41.3 Å². The molecule has 5 rings (SSSR count). The van der Waals surface area contributed by atoms with Crippen molar-refractivity contribution < 1.29 is 9.53 Å². The predicted molar refractivity (Wildman–Crippen MR) is 143 cm³/mol. The van der Waals surface area contributed by atoms with Crippen LogP contribution < -0.4 is 10.2 Å². The van der Waals surface area contributed by atoms with Crippen molar-refractivity contribution in [2.75, 3.05) is 20.2 Å². The first kappa shape index (κ1) is 23.8. The van der Waals surface area contributed by atoms with Crippen molar-refractivity contribution in [2.45, 2.75) is 32.9 Å². The fourth-order valence-electron chi connectivity index (χ4n) is 4.70. The number of fused-ring (bicyclic) bond motifs is 1. The van der Waals surface area contributed by atoms with Crippen molar-refractivity contribution in [3.8, 4) is 5.75 Å². The average molecular weight is 481 g/mol. The lowest BCUT2D eigenvalue weighted by atomic mass is 10.0. The summed E-state index contributed by atoms with van der Waals surface area (Å²) in [5, 5.41) is 2.85. The molecule has 0 saturated carbocycles. The summed E-state index contributed by atoms with van der Waals surface area (Å²) in [7, 11) is 1.67. The monoisotopic (exact) mass is 480 g/mol. The average Bonchev–Trinajstić information content (AvgIpc) is 3.23. The summed E-state index contributed by atoms with van der Waals surface area (Å²) in [6, 6.07) is 26.7. The first-order valence-corrected chi connectivity index (χ1v) is 12.4. The Balaban J connectivity index is 1.33. The van der Waals surface area contributed by atoms with Crippen LogP contribution in [0.2, 0.25) is 0 Å². The van der Waals surface area contributed by atoms with Crippen LogP contribution in [0.1, 0.15) is 34.0 Å². The number of rotatable bonds is 8. The van der Waals surface area contributed by atoms with E-state index in [9.17, 15) is 4.79 Å². The highest BCUT2D eigenvalue weighted by Gasteiger charge is 2.38. The molecule has 0 radical (unpaired) electrons. The number of carbonyl (C=O) groups is 1. The largest absolute Gasteiger partial charge is 0.497 e. The van der Waals surface area contributed by atoms with Crippen LogP contribution in [-0.2, 0) is 13.0 Å². The second-order valence-electron chi connectivity index (χ2n) is 9.37. The lowest BCUT2D eigenvalue weighted by Gasteiger charge is -2.24. The summed E-state index contributed by atoms with van der Waals surface area (Å²) in [4.78, 5) is 20.3. The number of urea groups is 1. The van der Waals surface area contributed by atoms with Crippen LogP contribution in [-0.4, -0.2) is 41.1 Å². The zero-order valence-corrected chi connectivity index (χ0v) is 21.1. The highest BCUT2D eigenvalue weighted by Crippen LogP contribution is 2.30. The Kier molecular flexibility index (Phi) is 6.87. The number of pyridine rings is 1. The summed E-state index contributed by atoms with van der Waals surface area (Å²) in [6.07, 6.45) is 0.775. The van der Waals surface area contributed by atoms with Crippen LogP contribution in [0.4, 0.5) is 4.79 Å². The van der Waals surface area contributed by atoms with E-state index in [0.717, 1.165) is 34.3 Å². The maximum Gasteiger partial charge on any atom is 0.335 e. The first-order valence-electron chi connectivity index (χ1n) is 12.4. The van der Waals surface area contributed by atoms with Gasteiger partial charge in [0.1, 0.15) is 5.75 Å². The molecule has 2 heterocycles. The van der Waals surface area contributed by atoms with Crippen molar-refractivity contribution in [3.05, 3.63) is 107 Å². The van der Waals surface area contributed by atoms with E-state index in [-0.39, 0.29) is 12.1 Å². The SMILES string of the molecule is COc1ccc(CCN2C(=O)N(NCc3ccc4ccccc4n3)CC2c2ccc(C)c(C)c2)cc1. The van der Waals surface area contributed by atoms with Crippen LogP contribution in [0.25, 0.3) is 10.9 Å². The molecule has 6 nitrogen and oxygen atoms in total. The molecule has 1 atom stereocenters. The molecule has 1 aliphatic rings. The molecule has 1 saturated heterocycles. The maximum atomic E-state index is 13.5. The molecule has 2 amide bonds. The van der Waals surface area contributed by atoms with Gasteiger partial charge in [-0.05, 0) is 66.8 Å². The van der Waals surface area contributed by atoms with Crippen molar-refractivity contribution in [2.24, 2.45) is 0 Å². The minimum atomic E-state index is -0.0212. The van der Waals surface area contributed by atoms with Gasteiger partial charge in [0.25, 0.3) is 0 Å². The number of methoxy groups -OCH3 is 1. The van der Waals surface area contributed by atoms with Crippen LogP contribution in [0.15, 0.2) is 78.9 Å². The van der Waals surface area contributed by atoms with Crippen molar-refractivity contribution in [1.29, 1.82) is 0 Å². The highest BCUT2D eigenvalue weighted by molar-refractivity contribution is 5.78. The van der Waals surface area contributed by atoms with Crippen LogP contribution >= 0.6 is 0 Å². The van der Waals surface area contributed by atoms with Crippen LogP contribution in [0.5, 0.6) is 5.75 Å². The Morgan fingerprint density at radius 2 is 1.78 bits per heavy atom. The number of hydrazine groups is 1. The van der Waals surface area contributed by atoms with Gasteiger partial charge in [-0.15, -0.1) is 0 Å². The van der Waals surface area contributed by atoms with Crippen LogP contribution in [0, 0.1) is 13.8 Å². The van der Waals surface area contributed by atoms with Gasteiger partial charge >= 0.3 is 6.03 Å². The van der Waals surface area contributed by atoms with Gasteiger partial charge in [-0.3, -0.25) is 9.99 Å². The lowest BCUT2D eigenvalue weighted by Crippen LogP contribution is -2.41. The van der Waals surface area contributed by atoms with E-state index in [2.05, 4.69) is 61.7 Å². The van der Waals surface area contributed by atoms with Gasteiger partial charge in [-0.2, -0.15) is 0 Å². The third-order valence-electron chi connectivity index (χ3n) is 7.03. The van der Waals surface area contributed by atoms with E-state index in [1.165, 1.54) is 16.7 Å². The summed E-state index contributed by atoms with van der Waals surface area (Å²) in [5.41, 5.74) is 10.0. The van der Waals surface area contributed by atoms with Gasteiger partial charge in [-0.1, -0.05) is 54.6 Å². The van der Waals surface area contributed by atoms with E-state index in [0.29, 0.717) is 19.6 Å². The molecule has 1 aromatic heterocycles. The smallest absolute Gasteiger partial charge is 0.335 e. The van der Waals surface area contributed by atoms with E-state index >= 15 is 0 Å². The van der Waals surface area contributed by atoms with Gasteiger partial charge < -0.3 is 9.64 Å². The predicted octanol–water partition coefficient (Wildman–Crippen LogP) is 5.59. The molecule has 6 heteroatoms. The molecule has 1 unspecified atom stereocenters. The molecule has 0 bridgehead atoms. The van der Waals surface area contributed by atoms with Gasteiger partial charge in [0.2, 0.25) is 0 Å². The first-order chi connectivity index (χ1) is 17.5. The van der Waals surface area contributed by atoms with Gasteiger partial charge in [0.05, 0.1) is 37.5 Å². The van der Waals surface area contributed by atoms with Gasteiger partial charge in [0, 0.05) is 11.9 Å². The van der Waals surface area contributed by atoms with E-state index < -0.39 is 0 Å². The molecule has 4 aromatic rings. The molecular weight excluding hydrogens is 448 g/mol. The number of hydrogen-bond acceptors (Lipinski definition) is 4. The summed E-state index contributed by atoms with van der Waals surface area (Å²) >= 11 is 0. The molecule has 1 fully saturated rings. The summed E-state index contributed by atoms with van der Waals surface area (Å²) in [5.74, 6) is 0.835. The second-order valence-corrected chi connectivity index (χ2v) is 9.37. The molecule has 1 N–H and O–H groups in total. The lowest BCUT2D eigenvalue weighted by molar-refractivity contribution is 0.171. The van der Waals surface area contributed by atoms with Crippen LogP contribution in [0.3, 0.4) is 0 Å². The molecule has 3 aromatic carbocycles. The maximum absolute atomic E-state index is 13.5. The Hall–Kier alpha value is -3.90. The van der Waals surface area contributed by atoms with E-state index in [4.69, 9.17) is 9.72 Å². The molecule has 184 valence electrons. The number of ether oxygens (including phenoxy) is 1. The number of nitrogens with one attached hydrogen (secondary N) is 1. The zero-order valence-electron chi connectivity index (χ0n) is 21.1. The Morgan fingerprint density at radius 3 is 2.56 bits per heavy atom. The fraction of sp³-hybridized carbons (Fsp3) is 0.267. The van der Waals surface area contributed by atoms with E-state index in [1.54, 1.807) is 12.1 Å². The topological polar surface area (TPSA) is 57.7 Å². The van der Waals surface area contributed by atoms with Crippen molar-refractivity contribution in [3.63, 3.8) is 0 Å². The minimum Gasteiger partial charge on any atom is -0.497 e. The molecule has 0 spiro atoms. The molecule has 1 aliphatic heterocycles. The number of aryl methyl sites for hydroxylation is 2. The van der Waals surface area contributed by atoms with Gasteiger partial charge in [0.15, 0.2) is 0 Å². The number of hydrogen-bond donors (Lipinski definition) is 1. The standard InChI is InChI=1S/C30H32N4O2/c1-21-8-11-25(18-22(21)2)29-20-34(31-19-26-13-12-24-6-4-5-7-28(24)32-26)30(35)33(29)17-16-23-9-14-27(36-3)15-10-23/h4-15,18,29,31H,16-17,19-20H2,1-3H3. The molecule has 36 heavy (non-hydrogen) atoms.